The third-order valence-electron chi connectivity index (χ3n) is 4.76. The summed E-state index contributed by atoms with van der Waals surface area (Å²) in [5, 5.41) is 2.81. The van der Waals surface area contributed by atoms with Gasteiger partial charge in [0.25, 0.3) is 5.91 Å². The average Bonchev–Trinajstić information content (AvgIpc) is 2.69. The lowest BCUT2D eigenvalue weighted by atomic mass is 10.1. The number of esters is 1. The van der Waals surface area contributed by atoms with Gasteiger partial charge in [0.2, 0.25) is 0 Å². The van der Waals surface area contributed by atoms with Crippen molar-refractivity contribution in [1.82, 2.24) is 0 Å². The Morgan fingerprint density at radius 3 is 2.41 bits per heavy atom. The molecule has 142 valence electrons. The summed E-state index contributed by atoms with van der Waals surface area (Å²) in [6.45, 7) is 5.64. The van der Waals surface area contributed by atoms with E-state index in [9.17, 15) is 9.59 Å². The van der Waals surface area contributed by atoms with Gasteiger partial charge in [-0.3, -0.25) is 4.79 Å². The second-order valence-electron chi connectivity index (χ2n) is 7.00. The maximum absolute atomic E-state index is 12.3. The molecule has 0 aliphatic carbocycles. The molecule has 2 aromatic carbocycles. The number of hydrogen-bond acceptors (Lipinski definition) is 4. The first-order chi connectivity index (χ1) is 13.0. The molecule has 5 nitrogen and oxygen atoms in total. The van der Waals surface area contributed by atoms with Gasteiger partial charge in [-0.05, 0) is 69.5 Å². The first-order valence-corrected chi connectivity index (χ1v) is 9.46. The Hall–Kier alpha value is -2.82. The van der Waals surface area contributed by atoms with Crippen LogP contribution in [0.2, 0.25) is 0 Å². The third kappa shape index (κ3) is 5.09. The topological polar surface area (TPSA) is 58.6 Å². The van der Waals surface area contributed by atoms with Crippen molar-refractivity contribution in [2.24, 2.45) is 0 Å². The van der Waals surface area contributed by atoms with Crippen LogP contribution in [0.1, 0.15) is 42.1 Å². The van der Waals surface area contributed by atoms with Gasteiger partial charge in [-0.25, -0.2) is 4.79 Å². The number of anilines is 2. The highest BCUT2D eigenvalue weighted by molar-refractivity contribution is 5.97. The molecule has 1 aliphatic heterocycles. The summed E-state index contributed by atoms with van der Waals surface area (Å²) in [4.78, 5) is 26.9. The number of ether oxygens (including phenoxy) is 1. The number of piperidine rings is 1. The molecule has 0 saturated carbocycles. The highest BCUT2D eigenvalue weighted by Crippen LogP contribution is 2.22. The van der Waals surface area contributed by atoms with Crippen molar-refractivity contribution in [1.29, 1.82) is 0 Å². The van der Waals surface area contributed by atoms with E-state index >= 15 is 0 Å². The van der Waals surface area contributed by atoms with Gasteiger partial charge >= 0.3 is 5.97 Å². The predicted octanol–water partition coefficient (Wildman–Crippen LogP) is 4.17. The first-order valence-electron chi connectivity index (χ1n) is 9.46. The third-order valence-corrected chi connectivity index (χ3v) is 4.76. The largest absolute Gasteiger partial charge is 0.449 e. The summed E-state index contributed by atoms with van der Waals surface area (Å²) in [5.41, 5.74) is 3.28. The van der Waals surface area contributed by atoms with Crippen LogP contribution in [-0.2, 0) is 9.53 Å². The van der Waals surface area contributed by atoms with Crippen molar-refractivity contribution in [3.05, 3.63) is 59.7 Å². The maximum atomic E-state index is 12.3. The van der Waals surface area contributed by atoms with Crippen molar-refractivity contribution < 1.29 is 14.3 Å². The minimum absolute atomic E-state index is 0.346. The zero-order valence-corrected chi connectivity index (χ0v) is 15.9. The summed E-state index contributed by atoms with van der Waals surface area (Å²) < 4.78 is 5.29. The molecule has 0 unspecified atom stereocenters. The molecular formula is C22H26N2O3. The highest BCUT2D eigenvalue weighted by atomic mass is 16.5. The van der Waals surface area contributed by atoms with E-state index in [0.717, 1.165) is 18.7 Å². The molecule has 1 saturated heterocycles. The average molecular weight is 366 g/mol. The van der Waals surface area contributed by atoms with E-state index in [1.165, 1.54) is 24.9 Å². The quantitative estimate of drug-likeness (QED) is 0.807. The number of carbonyl (C=O) groups is 2. The van der Waals surface area contributed by atoms with E-state index in [0.29, 0.717) is 11.3 Å². The van der Waals surface area contributed by atoms with E-state index in [4.69, 9.17) is 4.74 Å². The fourth-order valence-corrected chi connectivity index (χ4v) is 3.21. The summed E-state index contributed by atoms with van der Waals surface area (Å²) in [6, 6.07) is 14.9. The molecule has 0 spiro atoms. The van der Waals surface area contributed by atoms with Crippen LogP contribution in [0.3, 0.4) is 0 Å². The van der Waals surface area contributed by atoms with Gasteiger partial charge in [0, 0.05) is 24.5 Å². The molecule has 2 aromatic rings. The van der Waals surface area contributed by atoms with Crippen molar-refractivity contribution >= 4 is 23.3 Å². The van der Waals surface area contributed by atoms with E-state index in [1.807, 2.05) is 37.3 Å². The summed E-state index contributed by atoms with van der Waals surface area (Å²) >= 11 is 0. The van der Waals surface area contributed by atoms with Crippen LogP contribution in [0.25, 0.3) is 0 Å². The zero-order valence-electron chi connectivity index (χ0n) is 15.9. The van der Waals surface area contributed by atoms with Crippen molar-refractivity contribution in [2.45, 2.75) is 39.2 Å². The van der Waals surface area contributed by atoms with Crippen LogP contribution in [-0.4, -0.2) is 31.1 Å². The Kier molecular flexibility index (Phi) is 6.12. The number of hydrogen-bond donors (Lipinski definition) is 1. The van der Waals surface area contributed by atoms with E-state index in [-0.39, 0.29) is 5.91 Å². The number of aryl methyl sites for hydroxylation is 1. The molecule has 5 heteroatoms. The van der Waals surface area contributed by atoms with Gasteiger partial charge in [0.15, 0.2) is 6.10 Å². The normalized spacial score (nSPS) is 15.1. The zero-order chi connectivity index (χ0) is 19.2. The summed E-state index contributed by atoms with van der Waals surface area (Å²) in [7, 11) is 0. The van der Waals surface area contributed by atoms with Gasteiger partial charge < -0.3 is 15.0 Å². The number of amides is 1. The van der Waals surface area contributed by atoms with Gasteiger partial charge in [0.05, 0.1) is 5.56 Å². The standard InChI is InChI=1S/C22H26N2O3/c1-16-7-6-8-18(15-16)22(26)27-17(2)21(25)23-19-9-11-20(12-10-19)24-13-4-3-5-14-24/h6-12,15,17H,3-5,13-14H2,1-2H3,(H,23,25)/t17-/m0/s1. The molecule has 1 heterocycles. The second-order valence-corrected chi connectivity index (χ2v) is 7.00. The lowest BCUT2D eigenvalue weighted by molar-refractivity contribution is -0.123. The molecular weight excluding hydrogens is 340 g/mol. The van der Waals surface area contributed by atoms with E-state index < -0.39 is 12.1 Å². The predicted molar refractivity (Wildman–Crippen MR) is 107 cm³/mol. The fourth-order valence-electron chi connectivity index (χ4n) is 3.21. The Labute approximate surface area is 160 Å². The van der Waals surface area contributed by atoms with Crippen molar-refractivity contribution in [3.63, 3.8) is 0 Å². The fraction of sp³-hybridized carbons (Fsp3) is 0.364. The summed E-state index contributed by atoms with van der Waals surface area (Å²) in [6.07, 6.45) is 2.87. The molecule has 0 bridgehead atoms. The van der Waals surface area contributed by atoms with Crippen molar-refractivity contribution in [3.8, 4) is 0 Å². The van der Waals surface area contributed by atoms with Crippen molar-refractivity contribution in [2.75, 3.05) is 23.3 Å². The molecule has 27 heavy (non-hydrogen) atoms. The molecule has 1 atom stereocenters. The minimum atomic E-state index is -0.875. The van der Waals surface area contributed by atoms with Crippen LogP contribution in [0.5, 0.6) is 0 Å². The number of rotatable bonds is 5. The molecule has 3 rings (SSSR count). The Morgan fingerprint density at radius 2 is 1.74 bits per heavy atom. The molecule has 0 aromatic heterocycles. The Morgan fingerprint density at radius 1 is 1.04 bits per heavy atom. The number of carbonyl (C=O) groups excluding carboxylic acids is 2. The monoisotopic (exact) mass is 366 g/mol. The van der Waals surface area contributed by atoms with Gasteiger partial charge in [0.1, 0.15) is 0 Å². The SMILES string of the molecule is Cc1cccc(C(=O)O[C@@H](C)C(=O)Nc2ccc(N3CCCCC3)cc2)c1. The van der Waals surface area contributed by atoms with Crippen LogP contribution in [0, 0.1) is 6.92 Å². The molecule has 1 fully saturated rings. The minimum Gasteiger partial charge on any atom is -0.449 e. The number of benzene rings is 2. The smallest absolute Gasteiger partial charge is 0.338 e. The van der Waals surface area contributed by atoms with Crippen LogP contribution < -0.4 is 10.2 Å². The van der Waals surface area contributed by atoms with E-state index in [2.05, 4.69) is 10.2 Å². The van der Waals surface area contributed by atoms with Crippen LogP contribution in [0.15, 0.2) is 48.5 Å². The molecule has 0 radical (unpaired) electrons. The van der Waals surface area contributed by atoms with Gasteiger partial charge in [-0.2, -0.15) is 0 Å². The molecule has 1 N–H and O–H groups in total. The highest BCUT2D eigenvalue weighted by Gasteiger charge is 2.19. The number of nitrogens with one attached hydrogen (secondary N) is 1. The second kappa shape index (κ2) is 8.71. The van der Waals surface area contributed by atoms with Crippen LogP contribution >= 0.6 is 0 Å². The molecule has 1 aliphatic rings. The van der Waals surface area contributed by atoms with Gasteiger partial charge in [-0.1, -0.05) is 17.7 Å². The molecule has 1 amide bonds. The van der Waals surface area contributed by atoms with Gasteiger partial charge in [-0.15, -0.1) is 0 Å². The van der Waals surface area contributed by atoms with Crippen LogP contribution in [0.4, 0.5) is 11.4 Å². The lowest BCUT2D eigenvalue weighted by Crippen LogP contribution is -2.30. The number of nitrogens with zero attached hydrogens (tertiary/aromatic N) is 1. The lowest BCUT2D eigenvalue weighted by Gasteiger charge is -2.28. The summed E-state index contributed by atoms with van der Waals surface area (Å²) in [5.74, 6) is -0.844. The Balaban J connectivity index is 1.55. The Bertz CT molecular complexity index is 795. The van der Waals surface area contributed by atoms with E-state index in [1.54, 1.807) is 25.1 Å². The maximum Gasteiger partial charge on any atom is 0.338 e. The first kappa shape index (κ1) is 19.0.